The van der Waals surface area contributed by atoms with Crippen LogP contribution in [-0.2, 0) is 10.2 Å². The lowest BCUT2D eigenvalue weighted by Gasteiger charge is -2.38. The van der Waals surface area contributed by atoms with Crippen LogP contribution in [0.2, 0.25) is 0 Å². The van der Waals surface area contributed by atoms with E-state index in [0.717, 1.165) is 16.2 Å². The number of nitrogens with zero attached hydrogens (tertiary/aromatic N) is 3. The molecule has 1 aliphatic heterocycles. The fourth-order valence-electron chi connectivity index (χ4n) is 2.14. The molecule has 0 aromatic carbocycles. The largest absolute Gasteiger partial charge is 0.394 e. The molecule has 1 aromatic heterocycles. The van der Waals surface area contributed by atoms with Crippen LogP contribution < -0.4 is 4.90 Å². The minimum atomic E-state index is -0.155. The van der Waals surface area contributed by atoms with Gasteiger partial charge in [0.05, 0.1) is 25.4 Å². The van der Waals surface area contributed by atoms with Gasteiger partial charge < -0.3 is 14.7 Å². The Kier molecular flexibility index (Phi) is 4.66. The van der Waals surface area contributed by atoms with Crippen molar-refractivity contribution >= 4 is 21.7 Å². The first-order chi connectivity index (χ1) is 9.31. The molecule has 2 unspecified atom stereocenters. The summed E-state index contributed by atoms with van der Waals surface area (Å²) in [5, 5.41) is 9.29. The van der Waals surface area contributed by atoms with Crippen molar-refractivity contribution in [2.24, 2.45) is 0 Å². The highest BCUT2D eigenvalue weighted by Crippen LogP contribution is 2.26. The lowest BCUT2D eigenvalue weighted by molar-refractivity contribution is -0.0106. The van der Waals surface area contributed by atoms with Crippen molar-refractivity contribution in [3.05, 3.63) is 16.5 Å². The summed E-state index contributed by atoms with van der Waals surface area (Å²) in [6.07, 6.45) is -0.155. The quantitative estimate of drug-likeness (QED) is 0.833. The van der Waals surface area contributed by atoms with Gasteiger partial charge in [0.25, 0.3) is 0 Å². The molecule has 6 heteroatoms. The van der Waals surface area contributed by atoms with Gasteiger partial charge in [0.2, 0.25) is 0 Å². The Morgan fingerprint density at radius 3 is 2.75 bits per heavy atom. The summed E-state index contributed by atoms with van der Waals surface area (Å²) in [5.74, 6) is 1.69. The van der Waals surface area contributed by atoms with E-state index in [1.165, 1.54) is 0 Å². The highest BCUT2D eigenvalue weighted by molar-refractivity contribution is 9.10. The Labute approximate surface area is 128 Å². The number of aliphatic hydroxyl groups is 1. The van der Waals surface area contributed by atoms with Crippen LogP contribution in [0.25, 0.3) is 0 Å². The Bertz CT molecular complexity index is 476. The molecular formula is C14H22BrN3O2. The lowest BCUT2D eigenvalue weighted by atomic mass is 9.96. The number of hydrogen-bond donors (Lipinski definition) is 1. The van der Waals surface area contributed by atoms with E-state index < -0.39 is 0 Å². The summed E-state index contributed by atoms with van der Waals surface area (Å²) in [7, 11) is 0. The molecule has 1 saturated heterocycles. The van der Waals surface area contributed by atoms with Gasteiger partial charge in [-0.15, -0.1) is 0 Å². The van der Waals surface area contributed by atoms with Crippen LogP contribution in [-0.4, -0.2) is 47.0 Å². The number of morpholine rings is 1. The summed E-state index contributed by atoms with van der Waals surface area (Å²) in [6, 6.07) is 2.15. The molecule has 0 saturated carbocycles. The molecule has 5 nitrogen and oxygen atoms in total. The lowest BCUT2D eigenvalue weighted by Crippen LogP contribution is -2.50. The first kappa shape index (κ1) is 15.7. The molecule has 2 heterocycles. The summed E-state index contributed by atoms with van der Waals surface area (Å²) in [5.41, 5.74) is -0.107. The second-order valence-electron chi connectivity index (χ2n) is 6.26. The Hall–Kier alpha value is -0.720. The monoisotopic (exact) mass is 343 g/mol. The third-order valence-electron chi connectivity index (χ3n) is 3.36. The van der Waals surface area contributed by atoms with Crippen molar-refractivity contribution in [3.8, 4) is 0 Å². The van der Waals surface area contributed by atoms with Gasteiger partial charge in [-0.1, -0.05) is 20.8 Å². The molecule has 20 heavy (non-hydrogen) atoms. The third-order valence-corrected chi connectivity index (χ3v) is 3.76. The molecule has 1 aromatic rings. The Morgan fingerprint density at radius 2 is 2.15 bits per heavy atom. The van der Waals surface area contributed by atoms with Crippen LogP contribution >= 0.6 is 15.9 Å². The molecule has 1 fully saturated rings. The number of halogens is 1. The van der Waals surface area contributed by atoms with Gasteiger partial charge in [-0.2, -0.15) is 0 Å². The summed E-state index contributed by atoms with van der Waals surface area (Å²) in [4.78, 5) is 11.3. The van der Waals surface area contributed by atoms with Crippen LogP contribution in [0.4, 0.5) is 5.82 Å². The van der Waals surface area contributed by atoms with E-state index in [2.05, 4.69) is 53.5 Å². The van der Waals surface area contributed by atoms with Crippen molar-refractivity contribution in [2.45, 2.75) is 45.3 Å². The molecule has 1 aliphatic rings. The van der Waals surface area contributed by atoms with Crippen LogP contribution in [0.3, 0.4) is 0 Å². The molecule has 0 amide bonds. The maximum absolute atomic E-state index is 9.29. The molecule has 1 N–H and O–H groups in total. The molecule has 0 bridgehead atoms. The van der Waals surface area contributed by atoms with Gasteiger partial charge in [0.15, 0.2) is 0 Å². The number of aliphatic hydroxyl groups excluding tert-OH is 1. The maximum atomic E-state index is 9.29. The van der Waals surface area contributed by atoms with Crippen molar-refractivity contribution < 1.29 is 9.84 Å². The molecule has 0 aliphatic carbocycles. The normalized spacial score (nSPS) is 24.0. The molecule has 2 rings (SSSR count). The summed E-state index contributed by atoms with van der Waals surface area (Å²) >= 11 is 3.47. The van der Waals surface area contributed by atoms with Crippen LogP contribution in [0, 0.1) is 0 Å². The van der Waals surface area contributed by atoms with Crippen molar-refractivity contribution in [2.75, 3.05) is 24.7 Å². The van der Waals surface area contributed by atoms with Crippen molar-refractivity contribution in [3.63, 3.8) is 0 Å². The zero-order valence-corrected chi connectivity index (χ0v) is 14.0. The van der Waals surface area contributed by atoms with Crippen LogP contribution in [0.1, 0.15) is 33.5 Å². The van der Waals surface area contributed by atoms with Crippen LogP contribution in [0.5, 0.6) is 0 Å². The fraction of sp³-hybridized carbons (Fsp3) is 0.714. The van der Waals surface area contributed by atoms with E-state index >= 15 is 0 Å². The van der Waals surface area contributed by atoms with E-state index in [-0.39, 0.29) is 24.2 Å². The van der Waals surface area contributed by atoms with Gasteiger partial charge in [0.1, 0.15) is 16.2 Å². The average Bonchev–Trinajstić information content (AvgIpc) is 2.37. The molecule has 0 spiro atoms. The van der Waals surface area contributed by atoms with E-state index in [4.69, 9.17) is 9.72 Å². The van der Waals surface area contributed by atoms with Gasteiger partial charge >= 0.3 is 0 Å². The minimum Gasteiger partial charge on any atom is -0.394 e. The zero-order valence-electron chi connectivity index (χ0n) is 12.4. The van der Waals surface area contributed by atoms with E-state index in [1.54, 1.807) is 0 Å². The second kappa shape index (κ2) is 5.95. The summed E-state index contributed by atoms with van der Waals surface area (Å²) < 4.78 is 6.36. The van der Waals surface area contributed by atoms with Gasteiger partial charge in [-0.3, -0.25) is 0 Å². The number of rotatable bonds is 2. The van der Waals surface area contributed by atoms with Crippen molar-refractivity contribution in [1.82, 2.24) is 9.97 Å². The molecule has 0 radical (unpaired) electrons. The topological polar surface area (TPSA) is 58.5 Å². The Balaban J connectivity index is 2.33. The number of anilines is 1. The molecule has 112 valence electrons. The second-order valence-corrected chi connectivity index (χ2v) is 7.07. The van der Waals surface area contributed by atoms with E-state index in [1.807, 2.05) is 6.07 Å². The predicted octanol–water partition coefficient (Wildman–Crippen LogP) is 2.12. The highest BCUT2D eigenvalue weighted by atomic mass is 79.9. The first-order valence-corrected chi connectivity index (χ1v) is 7.64. The van der Waals surface area contributed by atoms with Gasteiger partial charge in [-0.05, 0) is 22.9 Å². The molecule has 2 atom stereocenters. The smallest absolute Gasteiger partial charge is 0.137 e. The third kappa shape index (κ3) is 3.48. The average molecular weight is 344 g/mol. The Morgan fingerprint density at radius 1 is 1.45 bits per heavy atom. The summed E-state index contributed by atoms with van der Waals surface area (Å²) in [6.45, 7) is 9.65. The minimum absolute atomic E-state index is 0.0294. The molecular weight excluding hydrogens is 322 g/mol. The number of hydrogen-bond acceptors (Lipinski definition) is 5. The maximum Gasteiger partial charge on any atom is 0.137 e. The first-order valence-electron chi connectivity index (χ1n) is 6.85. The SMILES string of the molecule is CC1COC(CO)CN1c1cc(Br)nc(C(C)(C)C)n1. The van der Waals surface area contributed by atoms with E-state index in [9.17, 15) is 5.11 Å². The van der Waals surface area contributed by atoms with Crippen molar-refractivity contribution in [1.29, 1.82) is 0 Å². The number of aromatic nitrogens is 2. The van der Waals surface area contributed by atoms with E-state index in [0.29, 0.717) is 13.2 Å². The fourth-order valence-corrected chi connectivity index (χ4v) is 2.51. The standard InChI is InChI=1S/C14H22BrN3O2/c1-9-8-20-10(7-19)6-18(9)12-5-11(15)16-13(17-12)14(2,3)4/h5,9-10,19H,6-8H2,1-4H3. The number of ether oxygens (including phenoxy) is 1. The van der Waals surface area contributed by atoms with Gasteiger partial charge in [0, 0.05) is 18.0 Å². The highest BCUT2D eigenvalue weighted by Gasteiger charge is 2.28. The predicted molar refractivity (Wildman–Crippen MR) is 82.1 cm³/mol. The van der Waals surface area contributed by atoms with Crippen LogP contribution in [0.15, 0.2) is 10.7 Å². The zero-order chi connectivity index (χ0) is 14.9. The van der Waals surface area contributed by atoms with Gasteiger partial charge in [-0.25, -0.2) is 9.97 Å².